The van der Waals surface area contributed by atoms with E-state index in [4.69, 9.17) is 9.47 Å². The van der Waals surface area contributed by atoms with Gasteiger partial charge in [0, 0.05) is 11.0 Å². The molecule has 0 saturated carbocycles. The third-order valence-electron chi connectivity index (χ3n) is 2.72. The van der Waals surface area contributed by atoms with Crippen LogP contribution in [0.3, 0.4) is 0 Å². The zero-order valence-corrected chi connectivity index (χ0v) is 14.5. The summed E-state index contributed by atoms with van der Waals surface area (Å²) in [6.45, 7) is 7.20. The number of anilines is 1. The van der Waals surface area contributed by atoms with Gasteiger partial charge in [0.05, 0.1) is 12.2 Å². The lowest BCUT2D eigenvalue weighted by molar-refractivity contribution is -0.142. The van der Waals surface area contributed by atoms with Crippen molar-refractivity contribution in [3.63, 3.8) is 0 Å². The number of thiophene rings is 1. The van der Waals surface area contributed by atoms with Gasteiger partial charge in [-0.05, 0) is 25.8 Å². The molecule has 1 aromatic heterocycles. The number of amides is 1. The van der Waals surface area contributed by atoms with Crippen LogP contribution in [-0.2, 0) is 19.1 Å². The smallest absolute Gasteiger partial charge is 0.341 e. The van der Waals surface area contributed by atoms with Gasteiger partial charge in [0.25, 0.3) is 5.91 Å². The minimum atomic E-state index is -0.595. The quantitative estimate of drug-likeness (QED) is 0.610. The van der Waals surface area contributed by atoms with Crippen LogP contribution in [0.4, 0.5) is 5.00 Å². The highest BCUT2D eigenvalue weighted by molar-refractivity contribution is 7.16. The van der Waals surface area contributed by atoms with Gasteiger partial charge in [-0.15, -0.1) is 11.3 Å². The molecule has 0 radical (unpaired) electrons. The number of rotatable bonds is 7. The molecule has 1 heterocycles. The highest BCUT2D eigenvalue weighted by atomic mass is 32.1. The third-order valence-corrected chi connectivity index (χ3v) is 4.07. The summed E-state index contributed by atoms with van der Waals surface area (Å²) in [7, 11) is 0. The molecule has 7 heteroatoms. The van der Waals surface area contributed by atoms with E-state index in [2.05, 4.69) is 5.32 Å². The Labute approximate surface area is 139 Å². The van der Waals surface area contributed by atoms with E-state index in [0.717, 1.165) is 4.88 Å². The second kappa shape index (κ2) is 9.09. The maximum Gasteiger partial charge on any atom is 0.341 e. The number of ether oxygens (including phenoxy) is 2. The van der Waals surface area contributed by atoms with E-state index in [-0.39, 0.29) is 12.5 Å². The largest absolute Gasteiger partial charge is 0.462 e. The average Bonchev–Trinajstić information content (AvgIpc) is 2.90. The third kappa shape index (κ3) is 5.86. The molecule has 0 saturated heterocycles. The highest BCUT2D eigenvalue weighted by Gasteiger charge is 2.20. The van der Waals surface area contributed by atoms with E-state index in [0.29, 0.717) is 10.6 Å². The van der Waals surface area contributed by atoms with Gasteiger partial charge < -0.3 is 14.8 Å². The SMILES string of the molecule is C/C=C/C(=O)OCC(=O)Nc1sc(C(C)C)cc1C(=O)OCC. The summed E-state index contributed by atoms with van der Waals surface area (Å²) < 4.78 is 9.76. The number of carbonyl (C=O) groups excluding carboxylic acids is 3. The number of carbonyl (C=O) groups is 3. The van der Waals surface area contributed by atoms with Crippen molar-refractivity contribution < 1.29 is 23.9 Å². The van der Waals surface area contributed by atoms with E-state index in [1.807, 2.05) is 13.8 Å². The van der Waals surface area contributed by atoms with Crippen LogP contribution in [0.15, 0.2) is 18.2 Å². The van der Waals surface area contributed by atoms with Crippen molar-refractivity contribution in [1.29, 1.82) is 0 Å². The number of hydrogen-bond donors (Lipinski definition) is 1. The van der Waals surface area contributed by atoms with E-state index in [1.165, 1.54) is 23.5 Å². The lowest BCUT2D eigenvalue weighted by atomic mass is 10.1. The molecule has 6 nitrogen and oxygen atoms in total. The Morgan fingerprint density at radius 1 is 1.30 bits per heavy atom. The van der Waals surface area contributed by atoms with Crippen molar-refractivity contribution in [2.75, 3.05) is 18.5 Å². The molecule has 1 rings (SSSR count). The van der Waals surface area contributed by atoms with Gasteiger partial charge in [0.1, 0.15) is 5.00 Å². The molecule has 0 spiro atoms. The molecule has 1 amide bonds. The molecule has 1 aromatic rings. The fourth-order valence-corrected chi connectivity index (χ4v) is 2.70. The molecule has 0 aliphatic rings. The van der Waals surface area contributed by atoms with Gasteiger partial charge in [-0.1, -0.05) is 19.9 Å². The highest BCUT2D eigenvalue weighted by Crippen LogP contribution is 2.33. The summed E-state index contributed by atoms with van der Waals surface area (Å²) in [5, 5.41) is 3.00. The summed E-state index contributed by atoms with van der Waals surface area (Å²) in [4.78, 5) is 36.0. The van der Waals surface area contributed by atoms with E-state index < -0.39 is 24.5 Å². The first-order valence-electron chi connectivity index (χ1n) is 7.29. The Morgan fingerprint density at radius 3 is 2.57 bits per heavy atom. The van der Waals surface area contributed by atoms with E-state index in [1.54, 1.807) is 19.9 Å². The average molecular weight is 339 g/mol. The summed E-state index contributed by atoms with van der Waals surface area (Å²) in [6, 6.07) is 1.72. The summed E-state index contributed by atoms with van der Waals surface area (Å²) in [6.07, 6.45) is 2.74. The van der Waals surface area contributed by atoms with Crippen molar-refractivity contribution in [3.8, 4) is 0 Å². The van der Waals surface area contributed by atoms with Crippen molar-refractivity contribution >= 4 is 34.2 Å². The lowest BCUT2D eigenvalue weighted by Crippen LogP contribution is -2.20. The first kappa shape index (κ1) is 18.9. The maximum absolute atomic E-state index is 12.0. The lowest BCUT2D eigenvalue weighted by Gasteiger charge is -2.06. The molecule has 0 bridgehead atoms. The Bertz CT molecular complexity index is 604. The standard InChI is InChI=1S/C16H21NO5S/c1-5-7-14(19)22-9-13(18)17-15-11(16(20)21-6-2)8-12(23-15)10(3)4/h5,7-8,10H,6,9H2,1-4H3,(H,17,18)/b7-5+. The van der Waals surface area contributed by atoms with Crippen LogP contribution in [0.25, 0.3) is 0 Å². The number of esters is 2. The molecule has 23 heavy (non-hydrogen) atoms. The van der Waals surface area contributed by atoms with Crippen LogP contribution in [0, 0.1) is 0 Å². The molecule has 0 fully saturated rings. The predicted octanol–water partition coefficient (Wildman–Crippen LogP) is 3.11. The van der Waals surface area contributed by atoms with Crippen LogP contribution in [0.5, 0.6) is 0 Å². The fourth-order valence-electron chi connectivity index (χ4n) is 1.63. The van der Waals surface area contributed by atoms with Crippen LogP contribution in [-0.4, -0.2) is 31.1 Å². The zero-order valence-electron chi connectivity index (χ0n) is 13.7. The zero-order chi connectivity index (χ0) is 17.4. The molecular formula is C16H21NO5S. The second-order valence-electron chi connectivity index (χ2n) is 4.92. The summed E-state index contributed by atoms with van der Waals surface area (Å²) in [5.74, 6) is -1.38. The fraction of sp³-hybridized carbons (Fsp3) is 0.438. The van der Waals surface area contributed by atoms with Crippen LogP contribution < -0.4 is 5.32 Å². The van der Waals surface area contributed by atoms with Gasteiger partial charge in [-0.3, -0.25) is 4.79 Å². The number of nitrogens with one attached hydrogen (secondary N) is 1. The van der Waals surface area contributed by atoms with Gasteiger partial charge in [-0.2, -0.15) is 0 Å². The van der Waals surface area contributed by atoms with E-state index in [9.17, 15) is 14.4 Å². The molecule has 0 aliphatic carbocycles. The molecule has 1 N–H and O–H groups in total. The normalized spacial score (nSPS) is 10.8. The van der Waals surface area contributed by atoms with Crippen molar-refractivity contribution in [2.24, 2.45) is 0 Å². The minimum Gasteiger partial charge on any atom is -0.462 e. The first-order valence-corrected chi connectivity index (χ1v) is 8.10. The van der Waals surface area contributed by atoms with Crippen molar-refractivity contribution in [2.45, 2.75) is 33.6 Å². The second-order valence-corrected chi connectivity index (χ2v) is 6.01. The van der Waals surface area contributed by atoms with Crippen LogP contribution in [0.1, 0.15) is 48.8 Å². The van der Waals surface area contributed by atoms with Crippen LogP contribution in [0.2, 0.25) is 0 Å². The van der Waals surface area contributed by atoms with Crippen LogP contribution >= 0.6 is 11.3 Å². The van der Waals surface area contributed by atoms with Gasteiger partial charge in [0.15, 0.2) is 6.61 Å². The molecular weight excluding hydrogens is 318 g/mol. The Morgan fingerprint density at radius 2 is 2.00 bits per heavy atom. The summed E-state index contributed by atoms with van der Waals surface area (Å²) in [5.41, 5.74) is 0.314. The van der Waals surface area contributed by atoms with Gasteiger partial charge in [-0.25, -0.2) is 9.59 Å². The Balaban J connectivity index is 2.83. The van der Waals surface area contributed by atoms with Crippen molar-refractivity contribution in [3.05, 3.63) is 28.7 Å². The summed E-state index contributed by atoms with van der Waals surface area (Å²) >= 11 is 1.31. The Hall–Kier alpha value is -2.15. The topological polar surface area (TPSA) is 81.7 Å². The number of hydrogen-bond acceptors (Lipinski definition) is 6. The van der Waals surface area contributed by atoms with E-state index >= 15 is 0 Å². The number of allylic oxidation sites excluding steroid dienone is 1. The minimum absolute atomic E-state index is 0.214. The maximum atomic E-state index is 12.0. The molecule has 0 aromatic carbocycles. The monoisotopic (exact) mass is 339 g/mol. The van der Waals surface area contributed by atoms with Gasteiger partial charge >= 0.3 is 11.9 Å². The molecule has 0 unspecified atom stereocenters. The molecule has 0 aliphatic heterocycles. The Kier molecular flexibility index (Phi) is 7.47. The van der Waals surface area contributed by atoms with Crippen molar-refractivity contribution in [1.82, 2.24) is 0 Å². The molecule has 0 atom stereocenters. The van der Waals surface area contributed by atoms with Gasteiger partial charge in [0.2, 0.25) is 0 Å². The predicted molar refractivity (Wildman–Crippen MR) is 88.8 cm³/mol. The first-order chi connectivity index (χ1) is 10.9. The molecule has 126 valence electrons.